The molecule has 0 atom stereocenters. The highest BCUT2D eigenvalue weighted by atomic mass is 16.1. The minimum absolute atomic E-state index is 0.156. The van der Waals surface area contributed by atoms with Crippen molar-refractivity contribution in [3.05, 3.63) is 29.3 Å². The Hall–Kier alpha value is -1.31. The van der Waals surface area contributed by atoms with Gasteiger partial charge in [0.2, 0.25) is 5.91 Å². The number of rotatable bonds is 13. The lowest BCUT2D eigenvalue weighted by molar-refractivity contribution is -0.116. The molecule has 1 rings (SSSR count). The normalized spacial score (nSPS) is 10.8. The molecule has 24 heavy (non-hydrogen) atoms. The molecular formula is C22H37NO. The second-order valence-corrected chi connectivity index (χ2v) is 7.10. The Morgan fingerprint density at radius 2 is 1.25 bits per heavy atom. The van der Waals surface area contributed by atoms with E-state index in [0.717, 1.165) is 23.2 Å². The van der Waals surface area contributed by atoms with Crippen LogP contribution in [0.1, 0.15) is 95.1 Å². The zero-order valence-corrected chi connectivity index (χ0v) is 16.1. The van der Waals surface area contributed by atoms with Crippen LogP contribution >= 0.6 is 0 Å². The molecule has 2 nitrogen and oxygen atoms in total. The van der Waals surface area contributed by atoms with Gasteiger partial charge in [-0.25, -0.2) is 0 Å². The van der Waals surface area contributed by atoms with Crippen LogP contribution in [0, 0.1) is 13.8 Å². The molecule has 0 unspecified atom stereocenters. The Kier molecular flexibility index (Phi) is 11.3. The van der Waals surface area contributed by atoms with Crippen molar-refractivity contribution in [1.82, 2.24) is 0 Å². The third kappa shape index (κ3) is 9.10. The maximum atomic E-state index is 12.1. The first-order valence-electron chi connectivity index (χ1n) is 10.0. The molecule has 0 aliphatic heterocycles. The molecule has 0 radical (unpaired) electrons. The molecule has 0 fully saturated rings. The van der Waals surface area contributed by atoms with Crippen molar-refractivity contribution in [3.8, 4) is 0 Å². The quantitative estimate of drug-likeness (QED) is 0.389. The van der Waals surface area contributed by atoms with Crippen LogP contribution in [-0.4, -0.2) is 5.91 Å². The van der Waals surface area contributed by atoms with Gasteiger partial charge in [0.05, 0.1) is 0 Å². The predicted octanol–water partition coefficient (Wildman–Crippen LogP) is 6.94. The summed E-state index contributed by atoms with van der Waals surface area (Å²) < 4.78 is 0. The van der Waals surface area contributed by atoms with Crippen molar-refractivity contribution in [1.29, 1.82) is 0 Å². The number of amides is 1. The van der Waals surface area contributed by atoms with Crippen molar-refractivity contribution < 1.29 is 4.79 Å². The number of hydrogen-bond donors (Lipinski definition) is 1. The summed E-state index contributed by atoms with van der Waals surface area (Å²) in [5.41, 5.74) is 3.27. The summed E-state index contributed by atoms with van der Waals surface area (Å²) in [4.78, 5) is 12.1. The highest BCUT2D eigenvalue weighted by Gasteiger charge is 2.06. The number of unbranched alkanes of at least 4 members (excludes halogenated alkanes) is 10. The van der Waals surface area contributed by atoms with Crippen LogP contribution in [0.15, 0.2) is 18.2 Å². The van der Waals surface area contributed by atoms with Crippen molar-refractivity contribution in [2.24, 2.45) is 0 Å². The van der Waals surface area contributed by atoms with Gasteiger partial charge < -0.3 is 5.32 Å². The number of nitrogens with one attached hydrogen (secondary N) is 1. The summed E-state index contributed by atoms with van der Waals surface area (Å²) in [6, 6.07) is 6.12. The Labute approximate surface area is 149 Å². The van der Waals surface area contributed by atoms with E-state index in [4.69, 9.17) is 0 Å². The van der Waals surface area contributed by atoms with E-state index in [-0.39, 0.29) is 5.91 Å². The van der Waals surface area contributed by atoms with Gasteiger partial charge in [-0.2, -0.15) is 0 Å². The van der Waals surface area contributed by atoms with Gasteiger partial charge >= 0.3 is 0 Å². The monoisotopic (exact) mass is 331 g/mol. The fraction of sp³-hybridized carbons (Fsp3) is 0.682. The Balaban J connectivity index is 2.00. The van der Waals surface area contributed by atoms with E-state index in [9.17, 15) is 4.79 Å². The van der Waals surface area contributed by atoms with Gasteiger partial charge in [0.25, 0.3) is 0 Å². The van der Waals surface area contributed by atoms with Gasteiger partial charge in [0.1, 0.15) is 0 Å². The second-order valence-electron chi connectivity index (χ2n) is 7.10. The van der Waals surface area contributed by atoms with Crippen LogP contribution < -0.4 is 5.32 Å². The molecule has 0 heterocycles. The number of aryl methyl sites for hydroxylation is 2. The largest absolute Gasteiger partial charge is 0.326 e. The average molecular weight is 332 g/mol. The molecule has 0 aromatic heterocycles. The molecule has 2 heteroatoms. The van der Waals surface area contributed by atoms with E-state index >= 15 is 0 Å². The van der Waals surface area contributed by atoms with Crippen molar-refractivity contribution >= 4 is 11.6 Å². The molecule has 136 valence electrons. The fourth-order valence-electron chi connectivity index (χ4n) is 3.16. The van der Waals surface area contributed by atoms with Gasteiger partial charge in [0, 0.05) is 12.1 Å². The summed E-state index contributed by atoms with van der Waals surface area (Å²) in [7, 11) is 0. The highest BCUT2D eigenvalue weighted by molar-refractivity contribution is 5.92. The Morgan fingerprint density at radius 1 is 0.792 bits per heavy atom. The Morgan fingerprint density at radius 3 is 1.75 bits per heavy atom. The molecule has 1 amide bonds. The topological polar surface area (TPSA) is 29.1 Å². The van der Waals surface area contributed by atoms with Gasteiger partial charge in [-0.05, 0) is 31.4 Å². The van der Waals surface area contributed by atoms with Crippen molar-refractivity contribution in [3.63, 3.8) is 0 Å². The highest BCUT2D eigenvalue weighted by Crippen LogP contribution is 2.20. The SMILES string of the molecule is CCCCCCCCCCCCCC(=O)Nc1c(C)cccc1C. The van der Waals surface area contributed by atoms with Crippen LogP contribution in [0.3, 0.4) is 0 Å². The van der Waals surface area contributed by atoms with E-state index in [1.165, 1.54) is 64.2 Å². The molecule has 0 aliphatic carbocycles. The number of carbonyl (C=O) groups is 1. The summed E-state index contributed by atoms with van der Waals surface area (Å²) >= 11 is 0. The minimum atomic E-state index is 0.156. The van der Waals surface area contributed by atoms with Crippen LogP contribution in [0.2, 0.25) is 0 Å². The maximum absolute atomic E-state index is 12.1. The number of hydrogen-bond acceptors (Lipinski definition) is 1. The van der Waals surface area contributed by atoms with Gasteiger partial charge in [-0.15, -0.1) is 0 Å². The average Bonchev–Trinajstić information content (AvgIpc) is 2.56. The van der Waals surface area contributed by atoms with Crippen LogP contribution in [0.25, 0.3) is 0 Å². The van der Waals surface area contributed by atoms with Crippen LogP contribution in [0.5, 0.6) is 0 Å². The molecular weight excluding hydrogens is 294 g/mol. The van der Waals surface area contributed by atoms with Crippen LogP contribution in [-0.2, 0) is 4.79 Å². The molecule has 0 aliphatic rings. The molecule has 0 bridgehead atoms. The molecule has 1 aromatic carbocycles. The molecule has 0 saturated carbocycles. The summed E-state index contributed by atoms with van der Waals surface area (Å²) in [6.45, 7) is 6.36. The van der Waals surface area contributed by atoms with Gasteiger partial charge in [-0.1, -0.05) is 89.3 Å². The fourth-order valence-corrected chi connectivity index (χ4v) is 3.16. The van der Waals surface area contributed by atoms with E-state index in [1.807, 2.05) is 32.0 Å². The third-order valence-electron chi connectivity index (χ3n) is 4.75. The third-order valence-corrected chi connectivity index (χ3v) is 4.75. The van der Waals surface area contributed by atoms with Gasteiger partial charge in [-0.3, -0.25) is 4.79 Å². The lowest BCUT2D eigenvalue weighted by atomic mass is 10.0. The minimum Gasteiger partial charge on any atom is -0.326 e. The van der Waals surface area contributed by atoms with Crippen LogP contribution in [0.4, 0.5) is 5.69 Å². The number of benzene rings is 1. The smallest absolute Gasteiger partial charge is 0.224 e. The number of para-hydroxylation sites is 1. The first-order chi connectivity index (χ1) is 11.6. The van der Waals surface area contributed by atoms with E-state index in [2.05, 4.69) is 12.2 Å². The summed E-state index contributed by atoms with van der Waals surface area (Å²) in [5, 5.41) is 3.08. The van der Waals surface area contributed by atoms with Crippen molar-refractivity contribution in [2.75, 3.05) is 5.32 Å². The molecule has 0 saturated heterocycles. The van der Waals surface area contributed by atoms with E-state index in [1.54, 1.807) is 0 Å². The zero-order chi connectivity index (χ0) is 17.6. The van der Waals surface area contributed by atoms with E-state index in [0.29, 0.717) is 6.42 Å². The molecule has 0 spiro atoms. The number of carbonyl (C=O) groups excluding carboxylic acids is 1. The lowest BCUT2D eigenvalue weighted by Gasteiger charge is -2.11. The van der Waals surface area contributed by atoms with Crippen molar-refractivity contribution in [2.45, 2.75) is 97.8 Å². The second kappa shape index (κ2) is 13.0. The predicted molar refractivity (Wildman–Crippen MR) is 106 cm³/mol. The summed E-state index contributed by atoms with van der Waals surface area (Å²) in [6.07, 6.45) is 15.1. The number of anilines is 1. The molecule has 1 aromatic rings. The zero-order valence-electron chi connectivity index (χ0n) is 16.1. The Bertz CT molecular complexity index is 447. The van der Waals surface area contributed by atoms with E-state index < -0.39 is 0 Å². The van der Waals surface area contributed by atoms with Gasteiger partial charge in [0.15, 0.2) is 0 Å². The lowest BCUT2D eigenvalue weighted by Crippen LogP contribution is -2.13. The maximum Gasteiger partial charge on any atom is 0.224 e. The first-order valence-corrected chi connectivity index (χ1v) is 10.0. The summed E-state index contributed by atoms with van der Waals surface area (Å²) in [5.74, 6) is 0.156. The standard InChI is InChI=1S/C22H37NO/c1-4-5-6-7-8-9-10-11-12-13-14-18-21(24)23-22-19(2)16-15-17-20(22)3/h15-17H,4-14,18H2,1-3H3,(H,23,24). The molecule has 1 N–H and O–H groups in total. The first kappa shape index (κ1) is 20.7.